The summed E-state index contributed by atoms with van der Waals surface area (Å²) in [7, 11) is 0. The van der Waals surface area contributed by atoms with Crippen molar-refractivity contribution in [2.45, 2.75) is 26.4 Å². The maximum absolute atomic E-state index is 4.25. The topological polar surface area (TPSA) is 48.8 Å². The van der Waals surface area contributed by atoms with E-state index in [2.05, 4.69) is 27.5 Å². The van der Waals surface area contributed by atoms with Gasteiger partial charge in [0.05, 0.1) is 6.54 Å². The summed E-state index contributed by atoms with van der Waals surface area (Å²) in [6.45, 7) is 5.83. The molecule has 1 rings (SSSR count). The van der Waals surface area contributed by atoms with Crippen LogP contribution in [-0.4, -0.2) is 31.4 Å². The first-order valence-corrected chi connectivity index (χ1v) is 4.39. The first-order chi connectivity index (χ1) is 5.86. The Balaban J connectivity index is 2.35. The number of hydrogen-bond donors (Lipinski definition) is 2. The number of guanidine groups is 1. The molecule has 12 heavy (non-hydrogen) atoms. The summed E-state index contributed by atoms with van der Waals surface area (Å²) < 4.78 is 0. The van der Waals surface area contributed by atoms with Gasteiger partial charge in [-0.05, 0) is 19.6 Å². The molecule has 0 saturated carbocycles. The van der Waals surface area contributed by atoms with Gasteiger partial charge in [0, 0.05) is 6.54 Å². The van der Waals surface area contributed by atoms with Crippen molar-refractivity contribution in [2.24, 2.45) is 9.98 Å². The number of aliphatic imine (C=N–C) groups is 2. The van der Waals surface area contributed by atoms with Gasteiger partial charge in [-0.1, -0.05) is 6.92 Å². The Morgan fingerprint density at radius 3 is 3.17 bits per heavy atom. The number of hydrogen-bond acceptors (Lipinski definition) is 4. The molecule has 0 aliphatic carbocycles. The van der Waals surface area contributed by atoms with Crippen molar-refractivity contribution in [2.75, 3.05) is 13.1 Å². The van der Waals surface area contributed by atoms with Gasteiger partial charge in [0.15, 0.2) is 5.96 Å². The molecule has 0 bridgehead atoms. The van der Waals surface area contributed by atoms with Crippen LogP contribution in [0.15, 0.2) is 9.98 Å². The Labute approximate surface area is 73.2 Å². The minimum atomic E-state index is 0.166. The molecular weight excluding hydrogens is 152 g/mol. The molecule has 1 aliphatic rings. The molecule has 0 radical (unpaired) electrons. The van der Waals surface area contributed by atoms with E-state index in [-0.39, 0.29) is 6.17 Å². The van der Waals surface area contributed by atoms with Crippen LogP contribution < -0.4 is 10.6 Å². The number of nitrogens with one attached hydrogen (secondary N) is 2. The minimum absolute atomic E-state index is 0.166. The van der Waals surface area contributed by atoms with Crippen molar-refractivity contribution in [1.29, 1.82) is 0 Å². The second-order valence-corrected chi connectivity index (χ2v) is 2.63. The average molecular weight is 168 g/mol. The third-order valence-corrected chi connectivity index (χ3v) is 1.69. The average Bonchev–Trinajstić information content (AvgIpc) is 2.56. The Morgan fingerprint density at radius 2 is 2.67 bits per heavy atom. The first-order valence-electron chi connectivity index (χ1n) is 4.39. The lowest BCUT2D eigenvalue weighted by molar-refractivity contribution is 0.610. The van der Waals surface area contributed by atoms with Crippen LogP contribution in [0.5, 0.6) is 0 Å². The molecule has 0 amide bonds. The smallest absolute Gasteiger partial charge is 0.193 e. The van der Waals surface area contributed by atoms with Crippen LogP contribution in [0.3, 0.4) is 0 Å². The maximum Gasteiger partial charge on any atom is 0.193 e. The second kappa shape index (κ2) is 4.74. The minimum Gasteiger partial charge on any atom is -0.354 e. The fraction of sp³-hybridized carbons (Fsp3) is 0.750. The zero-order chi connectivity index (χ0) is 8.81. The van der Waals surface area contributed by atoms with Gasteiger partial charge in [-0.15, -0.1) is 0 Å². The van der Waals surface area contributed by atoms with E-state index in [0.29, 0.717) is 0 Å². The summed E-state index contributed by atoms with van der Waals surface area (Å²) in [5.41, 5.74) is 0. The molecule has 1 unspecified atom stereocenters. The van der Waals surface area contributed by atoms with Gasteiger partial charge in [-0.25, -0.2) is 0 Å². The van der Waals surface area contributed by atoms with Crippen molar-refractivity contribution in [3.8, 4) is 0 Å². The van der Waals surface area contributed by atoms with Crippen LogP contribution in [-0.2, 0) is 0 Å². The molecule has 0 aromatic heterocycles. The van der Waals surface area contributed by atoms with Gasteiger partial charge < -0.3 is 10.6 Å². The van der Waals surface area contributed by atoms with E-state index in [1.54, 1.807) is 0 Å². The fourth-order valence-electron chi connectivity index (χ4n) is 1.08. The summed E-state index contributed by atoms with van der Waals surface area (Å²) >= 11 is 0. The predicted molar refractivity (Wildman–Crippen MR) is 51.7 cm³/mol. The van der Waals surface area contributed by atoms with Crippen molar-refractivity contribution in [3.63, 3.8) is 0 Å². The zero-order valence-electron chi connectivity index (χ0n) is 7.67. The largest absolute Gasteiger partial charge is 0.354 e. The van der Waals surface area contributed by atoms with Gasteiger partial charge >= 0.3 is 0 Å². The molecule has 1 atom stereocenters. The molecular formula is C8H16N4. The molecule has 4 nitrogen and oxygen atoms in total. The van der Waals surface area contributed by atoms with Crippen LogP contribution in [0.25, 0.3) is 0 Å². The third kappa shape index (κ3) is 2.53. The van der Waals surface area contributed by atoms with Crippen molar-refractivity contribution in [1.82, 2.24) is 10.6 Å². The highest BCUT2D eigenvalue weighted by atomic mass is 15.3. The molecule has 2 N–H and O–H groups in total. The standard InChI is InChI=1S/C8H16N4/c1-3-7(9-4-2)12-8-10-5-6-11-8/h4,7H,3,5-6H2,1-2H3,(H2,10,11,12). The van der Waals surface area contributed by atoms with E-state index < -0.39 is 0 Å². The fourth-order valence-corrected chi connectivity index (χ4v) is 1.08. The van der Waals surface area contributed by atoms with Crippen LogP contribution >= 0.6 is 0 Å². The summed E-state index contributed by atoms with van der Waals surface area (Å²) in [5.74, 6) is 0.882. The SMILES string of the molecule is CC=NC(CC)NC1=NCCN1. The Morgan fingerprint density at radius 1 is 1.83 bits per heavy atom. The molecule has 0 spiro atoms. The first kappa shape index (κ1) is 9.03. The van der Waals surface area contributed by atoms with Gasteiger partial charge in [0.1, 0.15) is 6.17 Å². The summed E-state index contributed by atoms with van der Waals surface area (Å²) in [5, 5.41) is 6.35. The Bertz CT molecular complexity index is 185. The van der Waals surface area contributed by atoms with Crippen molar-refractivity contribution in [3.05, 3.63) is 0 Å². The van der Waals surface area contributed by atoms with E-state index in [9.17, 15) is 0 Å². The molecule has 1 aliphatic heterocycles. The molecule has 0 fully saturated rings. The predicted octanol–water partition coefficient (Wildman–Crippen LogP) is 0.362. The van der Waals surface area contributed by atoms with E-state index in [1.165, 1.54) is 0 Å². The molecule has 0 aromatic rings. The van der Waals surface area contributed by atoms with Gasteiger partial charge in [0.25, 0.3) is 0 Å². The van der Waals surface area contributed by atoms with E-state index in [0.717, 1.165) is 25.5 Å². The lowest BCUT2D eigenvalue weighted by Gasteiger charge is -2.12. The molecule has 0 saturated heterocycles. The van der Waals surface area contributed by atoms with Crippen molar-refractivity contribution >= 4 is 12.2 Å². The normalized spacial score (nSPS) is 19.0. The molecule has 4 heteroatoms. The lowest BCUT2D eigenvalue weighted by Crippen LogP contribution is -2.39. The zero-order valence-corrected chi connectivity index (χ0v) is 7.67. The van der Waals surface area contributed by atoms with Crippen molar-refractivity contribution < 1.29 is 0 Å². The summed E-state index contributed by atoms with van der Waals surface area (Å²) in [6.07, 6.45) is 2.96. The molecule has 68 valence electrons. The van der Waals surface area contributed by atoms with E-state index in [1.807, 2.05) is 13.1 Å². The summed E-state index contributed by atoms with van der Waals surface area (Å²) in [4.78, 5) is 8.48. The quantitative estimate of drug-likeness (QED) is 0.598. The van der Waals surface area contributed by atoms with E-state index >= 15 is 0 Å². The summed E-state index contributed by atoms with van der Waals surface area (Å²) in [6, 6.07) is 0. The van der Waals surface area contributed by atoms with Crippen LogP contribution in [0.2, 0.25) is 0 Å². The second-order valence-electron chi connectivity index (χ2n) is 2.63. The monoisotopic (exact) mass is 168 g/mol. The van der Waals surface area contributed by atoms with Crippen LogP contribution in [0, 0.1) is 0 Å². The number of nitrogens with zero attached hydrogens (tertiary/aromatic N) is 2. The third-order valence-electron chi connectivity index (χ3n) is 1.69. The van der Waals surface area contributed by atoms with Gasteiger partial charge in [-0.2, -0.15) is 0 Å². The Hall–Kier alpha value is -1.06. The van der Waals surface area contributed by atoms with Gasteiger partial charge in [-0.3, -0.25) is 9.98 Å². The molecule has 1 heterocycles. The Kier molecular flexibility index (Phi) is 3.57. The highest BCUT2D eigenvalue weighted by Gasteiger charge is 2.08. The highest BCUT2D eigenvalue weighted by molar-refractivity contribution is 5.81. The highest BCUT2D eigenvalue weighted by Crippen LogP contribution is 1.93. The van der Waals surface area contributed by atoms with Crippen LogP contribution in [0.4, 0.5) is 0 Å². The maximum atomic E-state index is 4.25. The van der Waals surface area contributed by atoms with E-state index in [4.69, 9.17) is 0 Å². The van der Waals surface area contributed by atoms with Gasteiger partial charge in [0.2, 0.25) is 0 Å². The number of rotatable bonds is 3. The molecule has 0 aromatic carbocycles. The lowest BCUT2D eigenvalue weighted by atomic mass is 10.4. The van der Waals surface area contributed by atoms with Crippen LogP contribution in [0.1, 0.15) is 20.3 Å².